The first kappa shape index (κ1) is 17.2. The average Bonchev–Trinajstić information content (AvgIpc) is 2.32. The van der Waals surface area contributed by atoms with Crippen molar-refractivity contribution in [1.82, 2.24) is 0 Å². The Morgan fingerprint density at radius 3 is 1.81 bits per heavy atom. The van der Waals surface area contributed by atoms with Crippen molar-refractivity contribution < 1.29 is 40.2 Å². The first-order valence-corrected chi connectivity index (χ1v) is 5.38. The normalized spacial score (nSPS) is 12.6. The molecule has 1 aromatic carbocycles. The molecule has 0 fully saturated rings. The van der Waals surface area contributed by atoms with E-state index < -0.39 is 37.5 Å². The molecule has 0 aromatic heterocycles. The zero-order valence-corrected chi connectivity index (χ0v) is 10.3. The molecule has 0 heterocycles. The molecular weight excluding hydrogens is 311 g/mol. The highest BCUT2D eigenvalue weighted by molar-refractivity contribution is 5.50. The van der Waals surface area contributed by atoms with Crippen molar-refractivity contribution in [2.75, 3.05) is 18.9 Å². The van der Waals surface area contributed by atoms with Gasteiger partial charge in [-0.25, -0.2) is 8.78 Å². The van der Waals surface area contributed by atoms with E-state index >= 15 is 0 Å². The van der Waals surface area contributed by atoms with Crippen LogP contribution in [0, 0.1) is 0 Å². The highest BCUT2D eigenvalue weighted by atomic mass is 19.4. The molecule has 2 N–H and O–H groups in total. The van der Waals surface area contributed by atoms with Gasteiger partial charge in [0.2, 0.25) is 0 Å². The highest BCUT2D eigenvalue weighted by Crippen LogP contribution is 2.29. The molecule has 1 aromatic rings. The van der Waals surface area contributed by atoms with Gasteiger partial charge in [0, 0.05) is 23.9 Å². The monoisotopic (exact) mass is 321 g/mol. The van der Waals surface area contributed by atoms with Crippen molar-refractivity contribution in [2.45, 2.75) is 18.5 Å². The van der Waals surface area contributed by atoms with Crippen LogP contribution in [-0.2, 0) is 0 Å². The smallest absolute Gasteiger partial charge is 0.422 e. The molecule has 0 spiro atoms. The quantitative estimate of drug-likeness (QED) is 0.644. The second kappa shape index (κ2) is 6.27. The fourth-order valence-corrected chi connectivity index (χ4v) is 1.17. The van der Waals surface area contributed by atoms with E-state index in [-0.39, 0.29) is 11.4 Å². The lowest BCUT2D eigenvalue weighted by Gasteiger charge is -2.17. The van der Waals surface area contributed by atoms with Crippen LogP contribution in [0.4, 0.5) is 36.4 Å². The molecule has 0 aliphatic heterocycles. The molecular formula is C11H10F7NO2. The molecule has 0 saturated heterocycles. The Labute approximate surface area is 114 Å². The Bertz CT molecular complexity index is 476. The third kappa shape index (κ3) is 5.96. The van der Waals surface area contributed by atoms with E-state index in [4.69, 9.17) is 5.73 Å². The summed E-state index contributed by atoms with van der Waals surface area (Å²) in [6.07, 6.45) is -8.53. The molecule has 120 valence electrons. The summed E-state index contributed by atoms with van der Waals surface area (Å²) in [5, 5.41) is 0. The van der Waals surface area contributed by atoms with Gasteiger partial charge in [-0.3, -0.25) is 0 Å². The van der Waals surface area contributed by atoms with Crippen molar-refractivity contribution in [2.24, 2.45) is 0 Å². The molecule has 1 rings (SSSR count). The largest absolute Gasteiger partial charge is 0.487 e. The highest BCUT2D eigenvalue weighted by Gasteiger charge is 2.41. The van der Waals surface area contributed by atoms with Gasteiger partial charge >= 0.3 is 18.5 Å². The van der Waals surface area contributed by atoms with E-state index in [0.717, 1.165) is 18.2 Å². The zero-order chi connectivity index (χ0) is 16.3. The molecule has 0 aliphatic rings. The number of nitrogen functional groups attached to an aromatic ring is 1. The third-order valence-corrected chi connectivity index (χ3v) is 2.06. The molecule has 21 heavy (non-hydrogen) atoms. The van der Waals surface area contributed by atoms with Crippen LogP contribution in [0.5, 0.6) is 11.5 Å². The minimum atomic E-state index is -4.60. The fraction of sp³-hybridized carbons (Fsp3) is 0.455. The number of benzene rings is 1. The molecule has 0 saturated carbocycles. The number of hydrogen-bond acceptors (Lipinski definition) is 3. The number of hydrogen-bond donors (Lipinski definition) is 1. The standard InChI is InChI=1S/C11H10F7NO2/c12-9(13)10(14,15)4-20-7-1-6(19)2-8(3-7)21-5-11(16,17)18/h1-3,9H,4-5,19H2. The lowest BCUT2D eigenvalue weighted by atomic mass is 10.3. The van der Waals surface area contributed by atoms with Crippen molar-refractivity contribution in [3.05, 3.63) is 18.2 Å². The Hall–Kier alpha value is -1.87. The number of nitrogens with two attached hydrogens (primary N) is 1. The number of ether oxygens (including phenoxy) is 2. The maximum absolute atomic E-state index is 12.7. The van der Waals surface area contributed by atoms with E-state index in [1.807, 2.05) is 0 Å². The van der Waals surface area contributed by atoms with Gasteiger partial charge in [-0.2, -0.15) is 22.0 Å². The Kier molecular flexibility index (Phi) is 5.13. The van der Waals surface area contributed by atoms with Crippen molar-refractivity contribution >= 4 is 5.69 Å². The molecule has 0 aliphatic carbocycles. The van der Waals surface area contributed by atoms with Crippen LogP contribution in [0.3, 0.4) is 0 Å². The number of anilines is 1. The van der Waals surface area contributed by atoms with E-state index in [1.165, 1.54) is 0 Å². The van der Waals surface area contributed by atoms with Crippen LogP contribution in [-0.4, -0.2) is 31.7 Å². The SMILES string of the molecule is Nc1cc(OCC(F)(F)F)cc(OCC(F)(F)C(F)F)c1. The van der Waals surface area contributed by atoms with E-state index in [0.29, 0.717) is 0 Å². The van der Waals surface area contributed by atoms with E-state index in [9.17, 15) is 30.7 Å². The lowest BCUT2D eigenvalue weighted by molar-refractivity contribution is -0.153. The predicted octanol–water partition coefficient (Wildman–Crippen LogP) is 3.49. The van der Waals surface area contributed by atoms with Gasteiger partial charge in [0.05, 0.1) is 0 Å². The number of alkyl halides is 7. The van der Waals surface area contributed by atoms with Gasteiger partial charge in [0.25, 0.3) is 0 Å². The van der Waals surface area contributed by atoms with Crippen LogP contribution in [0.15, 0.2) is 18.2 Å². The first-order chi connectivity index (χ1) is 9.49. The van der Waals surface area contributed by atoms with Crippen LogP contribution in [0.1, 0.15) is 0 Å². The minimum Gasteiger partial charge on any atom is -0.487 e. The summed E-state index contributed by atoms with van der Waals surface area (Å²) in [7, 11) is 0. The molecule has 0 bridgehead atoms. The van der Waals surface area contributed by atoms with Crippen LogP contribution in [0.2, 0.25) is 0 Å². The Balaban J connectivity index is 2.74. The molecule has 0 atom stereocenters. The Morgan fingerprint density at radius 2 is 1.38 bits per heavy atom. The lowest BCUT2D eigenvalue weighted by Crippen LogP contribution is -2.33. The van der Waals surface area contributed by atoms with Crippen LogP contribution < -0.4 is 15.2 Å². The first-order valence-electron chi connectivity index (χ1n) is 5.38. The zero-order valence-electron chi connectivity index (χ0n) is 10.3. The maximum atomic E-state index is 12.7. The minimum absolute atomic E-state index is 0.134. The number of halogens is 7. The van der Waals surface area contributed by atoms with Gasteiger partial charge in [0.1, 0.15) is 11.5 Å². The summed E-state index contributed by atoms with van der Waals surface area (Å²) >= 11 is 0. The third-order valence-electron chi connectivity index (χ3n) is 2.06. The molecule has 3 nitrogen and oxygen atoms in total. The summed E-state index contributed by atoms with van der Waals surface area (Å²) in [5.74, 6) is -5.19. The van der Waals surface area contributed by atoms with Gasteiger partial charge < -0.3 is 15.2 Å². The van der Waals surface area contributed by atoms with E-state index in [2.05, 4.69) is 9.47 Å². The van der Waals surface area contributed by atoms with Crippen molar-refractivity contribution in [3.63, 3.8) is 0 Å². The Morgan fingerprint density at radius 1 is 0.905 bits per heavy atom. The summed E-state index contributed by atoms with van der Waals surface area (Å²) in [5.41, 5.74) is 5.19. The summed E-state index contributed by atoms with van der Waals surface area (Å²) in [6.45, 7) is -3.27. The van der Waals surface area contributed by atoms with E-state index in [1.54, 1.807) is 0 Å². The van der Waals surface area contributed by atoms with Crippen molar-refractivity contribution in [1.29, 1.82) is 0 Å². The second-order valence-corrected chi connectivity index (χ2v) is 3.99. The molecule has 0 unspecified atom stereocenters. The summed E-state index contributed by atoms with van der Waals surface area (Å²) < 4.78 is 93.8. The van der Waals surface area contributed by atoms with Gasteiger partial charge in [-0.15, -0.1) is 0 Å². The average molecular weight is 321 g/mol. The molecule has 0 radical (unpaired) electrons. The van der Waals surface area contributed by atoms with Crippen LogP contribution in [0.25, 0.3) is 0 Å². The summed E-state index contributed by atoms with van der Waals surface area (Å²) in [4.78, 5) is 0. The van der Waals surface area contributed by atoms with Crippen molar-refractivity contribution in [3.8, 4) is 11.5 Å². The molecule has 10 heteroatoms. The van der Waals surface area contributed by atoms with Crippen LogP contribution >= 0.6 is 0 Å². The summed E-state index contributed by atoms with van der Waals surface area (Å²) in [6, 6.07) is 2.83. The fourth-order valence-electron chi connectivity index (χ4n) is 1.17. The number of rotatable bonds is 6. The predicted molar refractivity (Wildman–Crippen MR) is 58.9 cm³/mol. The second-order valence-electron chi connectivity index (χ2n) is 3.99. The van der Waals surface area contributed by atoms with Gasteiger partial charge in [0.15, 0.2) is 13.2 Å². The topological polar surface area (TPSA) is 44.5 Å². The van der Waals surface area contributed by atoms with Gasteiger partial charge in [-0.05, 0) is 0 Å². The maximum Gasteiger partial charge on any atom is 0.422 e. The molecule has 0 amide bonds. The van der Waals surface area contributed by atoms with Gasteiger partial charge in [-0.1, -0.05) is 0 Å².